The summed E-state index contributed by atoms with van der Waals surface area (Å²) in [6.45, 7) is 1.43. The summed E-state index contributed by atoms with van der Waals surface area (Å²) in [7, 11) is 0. The van der Waals surface area contributed by atoms with E-state index in [2.05, 4.69) is 15.0 Å². The van der Waals surface area contributed by atoms with Crippen molar-refractivity contribution in [2.75, 3.05) is 13.1 Å². The van der Waals surface area contributed by atoms with Crippen LogP contribution >= 0.6 is 11.3 Å². The monoisotopic (exact) mass is 380 g/mol. The SMILES string of the molecule is O=C(c1cccnc1)N1CCC(Cc2nc(-c3ccsc3)cc(=O)[nH]2)CC1. The van der Waals surface area contributed by atoms with Crippen molar-refractivity contribution in [1.29, 1.82) is 0 Å². The van der Waals surface area contributed by atoms with Crippen LogP contribution in [0.5, 0.6) is 0 Å². The summed E-state index contributed by atoms with van der Waals surface area (Å²) in [5.74, 6) is 1.16. The second-order valence-electron chi connectivity index (χ2n) is 6.77. The average molecular weight is 380 g/mol. The van der Waals surface area contributed by atoms with Gasteiger partial charge in [-0.15, -0.1) is 0 Å². The van der Waals surface area contributed by atoms with Crippen molar-refractivity contribution in [1.82, 2.24) is 19.9 Å². The highest BCUT2D eigenvalue weighted by Crippen LogP contribution is 2.23. The van der Waals surface area contributed by atoms with Gasteiger partial charge in [-0.1, -0.05) is 0 Å². The molecule has 0 aromatic carbocycles. The van der Waals surface area contributed by atoms with Crippen molar-refractivity contribution < 1.29 is 4.79 Å². The van der Waals surface area contributed by atoms with Gasteiger partial charge >= 0.3 is 0 Å². The number of amides is 1. The Morgan fingerprint density at radius 1 is 1.30 bits per heavy atom. The third kappa shape index (κ3) is 4.14. The minimum atomic E-state index is -0.120. The van der Waals surface area contributed by atoms with Gasteiger partial charge in [0.2, 0.25) is 0 Å². The van der Waals surface area contributed by atoms with Gasteiger partial charge in [0.1, 0.15) is 5.82 Å². The Kier molecular flexibility index (Phi) is 5.11. The molecule has 0 bridgehead atoms. The van der Waals surface area contributed by atoms with E-state index in [-0.39, 0.29) is 11.5 Å². The molecule has 6 nitrogen and oxygen atoms in total. The molecule has 0 atom stereocenters. The van der Waals surface area contributed by atoms with E-state index in [9.17, 15) is 9.59 Å². The highest BCUT2D eigenvalue weighted by molar-refractivity contribution is 7.08. The van der Waals surface area contributed by atoms with Gasteiger partial charge in [0, 0.05) is 48.9 Å². The molecule has 7 heteroatoms. The van der Waals surface area contributed by atoms with Crippen LogP contribution in [0.4, 0.5) is 0 Å². The maximum absolute atomic E-state index is 12.5. The van der Waals surface area contributed by atoms with Crippen LogP contribution in [0.15, 0.2) is 52.2 Å². The van der Waals surface area contributed by atoms with Crippen molar-refractivity contribution in [3.8, 4) is 11.3 Å². The molecule has 27 heavy (non-hydrogen) atoms. The predicted octanol–water partition coefficient (Wildman–Crippen LogP) is 2.99. The summed E-state index contributed by atoms with van der Waals surface area (Å²) >= 11 is 1.59. The Hall–Kier alpha value is -2.80. The normalized spacial score (nSPS) is 15.0. The highest BCUT2D eigenvalue weighted by Gasteiger charge is 2.24. The summed E-state index contributed by atoms with van der Waals surface area (Å²) in [6.07, 6.45) is 5.80. The number of likely N-dealkylation sites (tertiary alicyclic amines) is 1. The zero-order valence-electron chi connectivity index (χ0n) is 14.8. The topological polar surface area (TPSA) is 79.0 Å². The Bertz CT molecular complexity index is 961. The molecule has 1 aliphatic rings. The molecule has 0 radical (unpaired) electrons. The summed E-state index contributed by atoms with van der Waals surface area (Å²) in [4.78, 5) is 37.9. The molecule has 0 unspecified atom stereocenters. The lowest BCUT2D eigenvalue weighted by Gasteiger charge is -2.31. The molecular weight excluding hydrogens is 360 g/mol. The van der Waals surface area contributed by atoms with Crippen LogP contribution < -0.4 is 5.56 Å². The van der Waals surface area contributed by atoms with Crippen molar-refractivity contribution in [2.45, 2.75) is 19.3 Å². The number of aromatic amines is 1. The van der Waals surface area contributed by atoms with Crippen LogP contribution in [-0.4, -0.2) is 38.8 Å². The highest BCUT2D eigenvalue weighted by atomic mass is 32.1. The molecule has 1 saturated heterocycles. The summed E-state index contributed by atoms with van der Waals surface area (Å²) in [5, 5.41) is 3.97. The molecule has 1 amide bonds. The number of carbonyl (C=O) groups excluding carboxylic acids is 1. The lowest BCUT2D eigenvalue weighted by molar-refractivity contribution is 0.0689. The number of piperidine rings is 1. The number of hydrogen-bond acceptors (Lipinski definition) is 5. The molecule has 1 N–H and O–H groups in total. The molecule has 1 aliphatic heterocycles. The quantitative estimate of drug-likeness (QED) is 0.755. The second kappa shape index (κ2) is 7.84. The number of hydrogen-bond donors (Lipinski definition) is 1. The maximum atomic E-state index is 12.5. The molecule has 1 fully saturated rings. The molecule has 4 heterocycles. The van der Waals surface area contributed by atoms with Crippen molar-refractivity contribution in [3.05, 3.63) is 69.2 Å². The number of nitrogens with one attached hydrogen (secondary N) is 1. The first-order valence-electron chi connectivity index (χ1n) is 9.01. The lowest BCUT2D eigenvalue weighted by Crippen LogP contribution is -2.39. The molecule has 3 aromatic rings. The van der Waals surface area contributed by atoms with E-state index in [1.807, 2.05) is 21.7 Å². The second-order valence-corrected chi connectivity index (χ2v) is 7.55. The zero-order chi connectivity index (χ0) is 18.6. The van der Waals surface area contributed by atoms with Crippen molar-refractivity contribution >= 4 is 17.2 Å². The number of pyridine rings is 1. The van der Waals surface area contributed by atoms with Gasteiger partial charge in [0.05, 0.1) is 11.3 Å². The first kappa shape index (κ1) is 17.6. The van der Waals surface area contributed by atoms with E-state index in [4.69, 9.17) is 0 Å². The standard InChI is InChI=1S/C20H20N4O2S/c25-19-11-17(16-5-9-27-13-16)22-18(23-19)10-14-3-7-24(8-4-14)20(26)15-2-1-6-21-12-15/h1-2,5-6,9,11-14H,3-4,7-8,10H2,(H,22,23,25). The largest absolute Gasteiger partial charge is 0.339 e. The first-order chi connectivity index (χ1) is 13.2. The minimum absolute atomic E-state index is 0.0348. The third-order valence-corrected chi connectivity index (χ3v) is 5.58. The van der Waals surface area contributed by atoms with Crippen LogP contribution in [-0.2, 0) is 6.42 Å². The van der Waals surface area contributed by atoms with Gasteiger partial charge in [0.25, 0.3) is 11.5 Å². The van der Waals surface area contributed by atoms with Gasteiger partial charge in [-0.25, -0.2) is 4.98 Å². The minimum Gasteiger partial charge on any atom is -0.339 e. The van der Waals surface area contributed by atoms with E-state index in [0.29, 0.717) is 24.6 Å². The van der Waals surface area contributed by atoms with E-state index >= 15 is 0 Å². The number of nitrogens with zero attached hydrogens (tertiary/aromatic N) is 3. The summed E-state index contributed by atoms with van der Waals surface area (Å²) in [6, 6.07) is 7.09. The van der Waals surface area contributed by atoms with Crippen LogP contribution in [0.2, 0.25) is 0 Å². The van der Waals surface area contributed by atoms with E-state index in [0.717, 1.165) is 36.3 Å². The Labute approximate surface area is 160 Å². The summed E-state index contributed by atoms with van der Waals surface area (Å²) in [5.41, 5.74) is 2.21. The van der Waals surface area contributed by atoms with Crippen LogP contribution in [0.1, 0.15) is 29.0 Å². The lowest BCUT2D eigenvalue weighted by atomic mass is 9.93. The van der Waals surface area contributed by atoms with Gasteiger partial charge in [-0.05, 0) is 42.3 Å². The van der Waals surface area contributed by atoms with E-state index in [1.165, 1.54) is 0 Å². The van der Waals surface area contributed by atoms with Crippen molar-refractivity contribution in [3.63, 3.8) is 0 Å². The number of H-pyrrole nitrogens is 1. The molecule has 4 rings (SSSR count). The van der Waals surface area contributed by atoms with Gasteiger partial charge in [-0.2, -0.15) is 11.3 Å². The summed E-state index contributed by atoms with van der Waals surface area (Å²) < 4.78 is 0. The molecule has 0 aliphatic carbocycles. The van der Waals surface area contributed by atoms with Crippen LogP contribution in [0.3, 0.4) is 0 Å². The van der Waals surface area contributed by atoms with Gasteiger partial charge in [0.15, 0.2) is 0 Å². The van der Waals surface area contributed by atoms with E-state index in [1.54, 1.807) is 41.9 Å². The van der Waals surface area contributed by atoms with Gasteiger partial charge < -0.3 is 9.88 Å². The maximum Gasteiger partial charge on any atom is 0.255 e. The fourth-order valence-corrected chi connectivity index (χ4v) is 4.10. The van der Waals surface area contributed by atoms with Crippen LogP contribution in [0.25, 0.3) is 11.3 Å². The average Bonchev–Trinajstić information content (AvgIpc) is 3.23. The number of carbonyl (C=O) groups is 1. The van der Waals surface area contributed by atoms with Crippen LogP contribution in [0, 0.1) is 5.92 Å². The Morgan fingerprint density at radius 3 is 2.85 bits per heavy atom. The Morgan fingerprint density at radius 2 is 2.15 bits per heavy atom. The fourth-order valence-electron chi connectivity index (χ4n) is 3.45. The zero-order valence-corrected chi connectivity index (χ0v) is 15.6. The predicted molar refractivity (Wildman–Crippen MR) is 105 cm³/mol. The molecule has 3 aromatic heterocycles. The Balaban J connectivity index is 1.40. The number of thiophene rings is 1. The number of aromatic nitrogens is 3. The first-order valence-corrected chi connectivity index (χ1v) is 9.95. The molecule has 0 saturated carbocycles. The molecule has 0 spiro atoms. The van der Waals surface area contributed by atoms with E-state index < -0.39 is 0 Å². The van der Waals surface area contributed by atoms with Gasteiger partial charge in [-0.3, -0.25) is 14.6 Å². The smallest absolute Gasteiger partial charge is 0.255 e. The third-order valence-electron chi connectivity index (χ3n) is 4.90. The fraction of sp³-hybridized carbons (Fsp3) is 0.300. The molecular formula is C20H20N4O2S. The van der Waals surface area contributed by atoms with Crippen molar-refractivity contribution in [2.24, 2.45) is 5.92 Å². The molecule has 138 valence electrons. The number of rotatable bonds is 4.